The zero-order valence-corrected chi connectivity index (χ0v) is 9.45. The Balaban J connectivity index is 2.44. The summed E-state index contributed by atoms with van der Waals surface area (Å²) in [5.41, 5.74) is 0. The Bertz CT molecular complexity index is 169. The Morgan fingerprint density at radius 2 is 2.15 bits per heavy atom. The van der Waals surface area contributed by atoms with Crippen LogP contribution in [0.5, 0.6) is 0 Å². The van der Waals surface area contributed by atoms with E-state index in [2.05, 4.69) is 0 Å². The van der Waals surface area contributed by atoms with E-state index in [1.165, 1.54) is 0 Å². The van der Waals surface area contributed by atoms with Crippen LogP contribution >= 0.6 is 23.5 Å². The second-order valence-corrected chi connectivity index (χ2v) is 5.32. The molecule has 0 radical (unpaired) electrons. The van der Waals surface area contributed by atoms with Crippen LogP contribution in [-0.2, 0) is 14.3 Å². The molecule has 0 bridgehead atoms. The minimum absolute atomic E-state index is 0.212. The first-order valence-electron chi connectivity index (χ1n) is 4.22. The van der Waals surface area contributed by atoms with Gasteiger partial charge in [0.1, 0.15) is 0 Å². The summed E-state index contributed by atoms with van der Waals surface area (Å²) in [6, 6.07) is 0. The monoisotopic (exact) mass is 222 g/mol. The molecule has 0 N–H and O–H groups in total. The van der Waals surface area contributed by atoms with E-state index < -0.39 is 6.10 Å². The summed E-state index contributed by atoms with van der Waals surface area (Å²) in [5.74, 6) is 1.94. The SMILES string of the molecule is CCOC(=O)C(OC)C1SCCS1. The zero-order chi connectivity index (χ0) is 9.68. The van der Waals surface area contributed by atoms with E-state index in [0.29, 0.717) is 6.61 Å². The molecule has 0 saturated carbocycles. The number of methoxy groups -OCH3 is 1. The molecule has 1 aliphatic heterocycles. The smallest absolute Gasteiger partial charge is 0.337 e. The first kappa shape index (κ1) is 11.2. The molecule has 5 heteroatoms. The van der Waals surface area contributed by atoms with Gasteiger partial charge in [-0.3, -0.25) is 0 Å². The average Bonchev–Trinajstić information content (AvgIpc) is 2.59. The highest BCUT2D eigenvalue weighted by Gasteiger charge is 2.32. The van der Waals surface area contributed by atoms with E-state index in [4.69, 9.17) is 9.47 Å². The summed E-state index contributed by atoms with van der Waals surface area (Å²) in [7, 11) is 1.56. The lowest BCUT2D eigenvalue weighted by Crippen LogP contribution is -2.32. The number of carbonyl (C=O) groups is 1. The number of thioether (sulfide) groups is 2. The minimum Gasteiger partial charge on any atom is -0.464 e. The van der Waals surface area contributed by atoms with Gasteiger partial charge in [0, 0.05) is 18.6 Å². The Kier molecular flexibility index (Phi) is 4.98. The van der Waals surface area contributed by atoms with Crippen molar-refractivity contribution < 1.29 is 14.3 Å². The highest BCUT2D eigenvalue weighted by molar-refractivity contribution is 8.20. The van der Waals surface area contributed by atoms with Gasteiger partial charge < -0.3 is 9.47 Å². The second-order valence-electron chi connectivity index (χ2n) is 2.52. The molecule has 0 spiro atoms. The van der Waals surface area contributed by atoms with Crippen molar-refractivity contribution in [2.75, 3.05) is 25.2 Å². The summed E-state index contributed by atoms with van der Waals surface area (Å²) >= 11 is 3.53. The Morgan fingerprint density at radius 3 is 2.62 bits per heavy atom. The highest BCUT2D eigenvalue weighted by Crippen LogP contribution is 2.35. The lowest BCUT2D eigenvalue weighted by molar-refractivity contribution is -0.153. The summed E-state index contributed by atoms with van der Waals surface area (Å²) < 4.78 is 10.3. The number of esters is 1. The van der Waals surface area contributed by atoms with Gasteiger partial charge in [-0.25, -0.2) is 4.79 Å². The molecule has 1 saturated heterocycles. The van der Waals surface area contributed by atoms with Gasteiger partial charge in [0.2, 0.25) is 0 Å². The lowest BCUT2D eigenvalue weighted by Gasteiger charge is -2.18. The standard InChI is InChI=1S/C8H14O3S2/c1-3-11-7(9)6(10-2)8-12-4-5-13-8/h6,8H,3-5H2,1-2H3. The Labute approximate surface area is 86.9 Å². The van der Waals surface area contributed by atoms with Crippen LogP contribution in [0.25, 0.3) is 0 Å². The van der Waals surface area contributed by atoms with Crippen LogP contribution in [0.1, 0.15) is 6.92 Å². The average molecular weight is 222 g/mol. The number of rotatable bonds is 4. The van der Waals surface area contributed by atoms with E-state index in [0.717, 1.165) is 11.5 Å². The van der Waals surface area contributed by atoms with Crippen LogP contribution in [0.4, 0.5) is 0 Å². The van der Waals surface area contributed by atoms with E-state index in [9.17, 15) is 4.79 Å². The zero-order valence-electron chi connectivity index (χ0n) is 7.82. The predicted octanol–water partition coefficient (Wildman–Crippen LogP) is 1.37. The molecule has 1 unspecified atom stereocenters. The lowest BCUT2D eigenvalue weighted by atomic mass is 10.4. The maximum atomic E-state index is 11.4. The van der Waals surface area contributed by atoms with Crippen molar-refractivity contribution in [1.29, 1.82) is 0 Å². The summed E-state index contributed by atoms with van der Waals surface area (Å²) in [4.78, 5) is 11.4. The van der Waals surface area contributed by atoms with Crippen LogP contribution in [0.15, 0.2) is 0 Å². The molecule has 0 aromatic rings. The van der Waals surface area contributed by atoms with Crippen molar-refractivity contribution in [1.82, 2.24) is 0 Å². The quantitative estimate of drug-likeness (QED) is 0.671. The van der Waals surface area contributed by atoms with Gasteiger partial charge in [-0.05, 0) is 6.92 Å². The Hall–Kier alpha value is 0.130. The van der Waals surface area contributed by atoms with Gasteiger partial charge in [-0.2, -0.15) is 0 Å². The van der Waals surface area contributed by atoms with Crippen LogP contribution < -0.4 is 0 Å². The van der Waals surface area contributed by atoms with Crippen molar-refractivity contribution in [3.63, 3.8) is 0 Å². The molecule has 3 nitrogen and oxygen atoms in total. The van der Waals surface area contributed by atoms with Gasteiger partial charge in [0.25, 0.3) is 0 Å². The second kappa shape index (κ2) is 5.78. The van der Waals surface area contributed by atoms with Gasteiger partial charge in [0.05, 0.1) is 11.2 Å². The summed E-state index contributed by atoms with van der Waals surface area (Å²) in [6.07, 6.45) is -0.405. The number of ether oxygens (including phenoxy) is 2. The normalized spacial score (nSPS) is 20.2. The molecule has 0 aliphatic carbocycles. The Morgan fingerprint density at radius 1 is 1.54 bits per heavy atom. The van der Waals surface area contributed by atoms with Crippen LogP contribution in [-0.4, -0.2) is 41.9 Å². The van der Waals surface area contributed by atoms with Crippen molar-refractivity contribution >= 4 is 29.5 Å². The maximum absolute atomic E-state index is 11.4. The molecule has 1 heterocycles. The molecule has 0 aromatic carbocycles. The number of hydrogen-bond donors (Lipinski definition) is 0. The summed E-state index contributed by atoms with van der Waals surface area (Å²) in [5, 5.41) is 0. The maximum Gasteiger partial charge on any atom is 0.337 e. The van der Waals surface area contributed by atoms with Gasteiger partial charge >= 0.3 is 5.97 Å². The number of hydrogen-bond acceptors (Lipinski definition) is 5. The van der Waals surface area contributed by atoms with Crippen LogP contribution in [0.3, 0.4) is 0 Å². The largest absolute Gasteiger partial charge is 0.464 e. The van der Waals surface area contributed by atoms with Gasteiger partial charge in [-0.1, -0.05) is 0 Å². The number of carbonyl (C=O) groups excluding carboxylic acids is 1. The van der Waals surface area contributed by atoms with Gasteiger partial charge in [0.15, 0.2) is 6.10 Å². The van der Waals surface area contributed by atoms with Gasteiger partial charge in [-0.15, -0.1) is 23.5 Å². The third-order valence-electron chi connectivity index (χ3n) is 1.67. The predicted molar refractivity (Wildman–Crippen MR) is 56.1 cm³/mol. The highest BCUT2D eigenvalue weighted by atomic mass is 32.2. The summed E-state index contributed by atoms with van der Waals surface area (Å²) in [6.45, 7) is 2.22. The van der Waals surface area contributed by atoms with Crippen molar-refractivity contribution in [3.05, 3.63) is 0 Å². The van der Waals surface area contributed by atoms with Crippen molar-refractivity contribution in [2.45, 2.75) is 17.6 Å². The first-order chi connectivity index (χ1) is 6.29. The fourth-order valence-corrected chi connectivity index (χ4v) is 4.08. The van der Waals surface area contributed by atoms with Crippen molar-refractivity contribution in [2.24, 2.45) is 0 Å². The molecule has 0 amide bonds. The molecule has 1 atom stereocenters. The molecular weight excluding hydrogens is 208 g/mol. The topological polar surface area (TPSA) is 35.5 Å². The van der Waals surface area contributed by atoms with E-state index >= 15 is 0 Å². The van der Waals surface area contributed by atoms with E-state index in [-0.39, 0.29) is 10.6 Å². The van der Waals surface area contributed by atoms with E-state index in [1.807, 2.05) is 0 Å². The molecule has 1 fully saturated rings. The molecule has 0 aromatic heterocycles. The third-order valence-corrected chi connectivity index (χ3v) is 4.77. The van der Waals surface area contributed by atoms with E-state index in [1.54, 1.807) is 37.6 Å². The van der Waals surface area contributed by atoms with Crippen LogP contribution in [0, 0.1) is 0 Å². The molecule has 1 rings (SSSR count). The third kappa shape index (κ3) is 3.07. The fraction of sp³-hybridized carbons (Fsp3) is 0.875. The molecule has 1 aliphatic rings. The molecular formula is C8H14O3S2. The van der Waals surface area contributed by atoms with Crippen LogP contribution in [0.2, 0.25) is 0 Å². The molecule has 13 heavy (non-hydrogen) atoms. The fourth-order valence-electron chi connectivity index (χ4n) is 1.09. The molecule has 76 valence electrons. The minimum atomic E-state index is -0.405. The van der Waals surface area contributed by atoms with Crippen molar-refractivity contribution in [3.8, 4) is 0 Å². The first-order valence-corrected chi connectivity index (χ1v) is 6.32.